The summed E-state index contributed by atoms with van der Waals surface area (Å²) >= 11 is 0. The highest BCUT2D eigenvalue weighted by molar-refractivity contribution is 6.24. The number of rotatable bonds is 8. The average molecular weight is 731 g/mol. The number of anilines is 6. The molecule has 0 radical (unpaired) electrons. The summed E-state index contributed by atoms with van der Waals surface area (Å²) in [4.78, 5) is 12.4. The lowest BCUT2D eigenvalue weighted by atomic mass is 9.60. The fraction of sp³-hybridized carbons (Fsp3) is 0.364. The number of nitrogens with zero attached hydrogens (tertiary/aromatic N) is 6. The fourth-order valence-electron chi connectivity index (χ4n) is 9.20. The van der Waals surface area contributed by atoms with E-state index in [0.717, 1.165) is 66.4 Å². The maximum Gasteiger partial charge on any atom is 0.123 e. The average Bonchev–Trinajstić information content (AvgIpc) is 3.10. The Morgan fingerprint density at radius 3 is 0.981 bits per heavy atom. The number of hydrogen-bond acceptors (Lipinski definition) is 10. The first-order valence-electron chi connectivity index (χ1n) is 18.4. The zero-order chi connectivity index (χ0) is 39.2. The van der Waals surface area contributed by atoms with Gasteiger partial charge >= 0.3 is 0 Å². The summed E-state index contributed by atoms with van der Waals surface area (Å²) in [6, 6.07) is 19.5. The zero-order valence-electron chi connectivity index (χ0n) is 33.6. The van der Waals surface area contributed by atoms with Gasteiger partial charge in [0.1, 0.15) is 11.5 Å². The van der Waals surface area contributed by atoms with E-state index in [-0.39, 0.29) is 11.5 Å². The van der Waals surface area contributed by atoms with Crippen molar-refractivity contribution < 1.29 is 20.4 Å². The van der Waals surface area contributed by atoms with E-state index in [1.54, 1.807) is 12.1 Å². The van der Waals surface area contributed by atoms with Gasteiger partial charge in [-0.25, -0.2) is 0 Å². The van der Waals surface area contributed by atoms with Crippen molar-refractivity contribution in [1.82, 2.24) is 0 Å². The molecule has 10 heteroatoms. The van der Waals surface area contributed by atoms with Crippen molar-refractivity contribution in [3.63, 3.8) is 0 Å². The number of aliphatic hydroxyl groups is 2. The molecule has 0 atom stereocenters. The molecule has 54 heavy (non-hydrogen) atoms. The molecule has 1 saturated carbocycles. The fourth-order valence-corrected chi connectivity index (χ4v) is 9.20. The van der Waals surface area contributed by atoms with Gasteiger partial charge in [-0.2, -0.15) is 0 Å². The highest BCUT2D eigenvalue weighted by Gasteiger charge is 2.53. The summed E-state index contributed by atoms with van der Waals surface area (Å²) in [7, 11) is 24.0. The number of aliphatic hydroxyl groups excluding tert-OH is 2. The standard InChI is InChI=1S/C44H54N6O4/c1-45(2)25-17-13-15-23-31(25)41(49(9)10)35-27(47(5)6)19-21-29(51)37(35)33(23)39-43(53)40(44(39)54)34-24-16-14-18-26(46(3)4)32(24)42(50(11)12)36-28(48(7)8)20-22-30(52)38(34)36/h13-22,39-40,43-44,51-54H,1-12H3. The summed E-state index contributed by atoms with van der Waals surface area (Å²) in [6.45, 7) is 0. The van der Waals surface area contributed by atoms with Crippen LogP contribution in [0.25, 0.3) is 43.1 Å². The first kappa shape index (κ1) is 37.0. The van der Waals surface area contributed by atoms with Crippen LogP contribution in [0.1, 0.15) is 23.0 Å². The lowest BCUT2D eigenvalue weighted by Gasteiger charge is -2.49. The second-order valence-corrected chi connectivity index (χ2v) is 16.0. The molecule has 10 nitrogen and oxygen atoms in total. The van der Waals surface area contributed by atoms with Crippen molar-refractivity contribution in [2.75, 3.05) is 114 Å². The van der Waals surface area contributed by atoms with Crippen LogP contribution in [-0.4, -0.2) is 117 Å². The van der Waals surface area contributed by atoms with Crippen molar-refractivity contribution in [3.05, 3.63) is 71.8 Å². The minimum Gasteiger partial charge on any atom is -0.507 e. The Labute approximate surface area is 318 Å². The van der Waals surface area contributed by atoms with Gasteiger partial charge in [0.15, 0.2) is 0 Å². The Bertz CT molecular complexity index is 2280. The Morgan fingerprint density at radius 1 is 0.370 bits per heavy atom. The quantitative estimate of drug-likeness (QED) is 0.127. The van der Waals surface area contributed by atoms with Gasteiger partial charge in [-0.15, -0.1) is 0 Å². The minimum atomic E-state index is -1.07. The maximum absolute atomic E-state index is 12.7. The number of hydrogen-bond donors (Lipinski definition) is 4. The molecule has 1 aliphatic carbocycles. The Balaban J connectivity index is 1.61. The first-order chi connectivity index (χ1) is 25.5. The van der Waals surface area contributed by atoms with Gasteiger partial charge in [0.2, 0.25) is 0 Å². The second kappa shape index (κ2) is 13.2. The van der Waals surface area contributed by atoms with Crippen LogP contribution in [0.5, 0.6) is 11.5 Å². The molecular formula is C44H54N6O4. The third-order valence-electron chi connectivity index (χ3n) is 11.4. The van der Waals surface area contributed by atoms with Gasteiger partial charge in [0, 0.05) is 151 Å². The van der Waals surface area contributed by atoms with Crippen LogP contribution in [-0.2, 0) is 0 Å². The van der Waals surface area contributed by atoms with Crippen LogP contribution in [0.2, 0.25) is 0 Å². The van der Waals surface area contributed by atoms with Gasteiger partial charge in [-0.3, -0.25) is 0 Å². The third kappa shape index (κ3) is 5.21. The molecular weight excluding hydrogens is 677 g/mol. The van der Waals surface area contributed by atoms with Gasteiger partial charge < -0.3 is 49.8 Å². The van der Waals surface area contributed by atoms with Crippen molar-refractivity contribution in [2.45, 2.75) is 24.0 Å². The van der Waals surface area contributed by atoms with E-state index >= 15 is 0 Å². The first-order valence-corrected chi connectivity index (χ1v) is 18.4. The van der Waals surface area contributed by atoms with Crippen LogP contribution in [0.3, 0.4) is 0 Å². The third-order valence-corrected chi connectivity index (χ3v) is 11.4. The molecule has 0 unspecified atom stereocenters. The van der Waals surface area contributed by atoms with E-state index in [1.165, 1.54) is 0 Å². The molecule has 6 aromatic rings. The van der Waals surface area contributed by atoms with Gasteiger partial charge in [-0.1, -0.05) is 24.3 Å². The maximum atomic E-state index is 12.7. The molecule has 0 aliphatic heterocycles. The predicted molar refractivity (Wildman–Crippen MR) is 230 cm³/mol. The number of phenolic OH excluding ortho intramolecular Hbond substituents is 2. The summed E-state index contributed by atoms with van der Waals surface area (Å²) in [5.41, 5.74) is 7.10. The molecule has 7 rings (SSSR count). The highest BCUT2D eigenvalue weighted by atomic mass is 16.3. The largest absolute Gasteiger partial charge is 0.507 e. The molecule has 0 amide bonds. The number of phenols is 2. The van der Waals surface area contributed by atoms with E-state index < -0.39 is 24.0 Å². The number of fused-ring (bicyclic) bond motifs is 4. The monoisotopic (exact) mass is 730 g/mol. The van der Waals surface area contributed by atoms with Crippen LogP contribution in [0, 0.1) is 0 Å². The van der Waals surface area contributed by atoms with E-state index in [4.69, 9.17) is 0 Å². The molecule has 0 saturated heterocycles. The second-order valence-electron chi connectivity index (χ2n) is 16.0. The topological polar surface area (TPSA) is 100 Å². The molecule has 0 bridgehead atoms. The molecule has 1 fully saturated rings. The van der Waals surface area contributed by atoms with Crippen molar-refractivity contribution in [2.24, 2.45) is 0 Å². The number of benzene rings is 6. The van der Waals surface area contributed by atoms with Crippen LogP contribution < -0.4 is 29.4 Å². The predicted octanol–water partition coefficient (Wildman–Crippen LogP) is 6.71. The van der Waals surface area contributed by atoms with Crippen molar-refractivity contribution >= 4 is 77.2 Å². The van der Waals surface area contributed by atoms with E-state index in [0.29, 0.717) is 21.9 Å². The molecule has 284 valence electrons. The van der Waals surface area contributed by atoms with Crippen molar-refractivity contribution in [3.8, 4) is 11.5 Å². The zero-order valence-corrected chi connectivity index (χ0v) is 33.6. The van der Waals surface area contributed by atoms with E-state index in [9.17, 15) is 20.4 Å². The lowest BCUT2D eigenvalue weighted by molar-refractivity contribution is -0.0766. The Kier molecular flexibility index (Phi) is 9.06. The van der Waals surface area contributed by atoms with Gasteiger partial charge in [-0.05, 0) is 58.3 Å². The normalized spacial score (nSPS) is 18.3. The van der Waals surface area contributed by atoms with Gasteiger partial charge in [0.05, 0.1) is 23.6 Å². The van der Waals surface area contributed by atoms with Crippen LogP contribution >= 0.6 is 0 Å². The van der Waals surface area contributed by atoms with Crippen LogP contribution in [0.15, 0.2) is 60.7 Å². The van der Waals surface area contributed by atoms with Gasteiger partial charge in [0.25, 0.3) is 0 Å². The molecule has 4 N–H and O–H groups in total. The summed E-state index contributed by atoms with van der Waals surface area (Å²) in [5, 5.41) is 55.7. The highest BCUT2D eigenvalue weighted by Crippen LogP contribution is 2.60. The smallest absolute Gasteiger partial charge is 0.123 e. The molecule has 1 aliphatic rings. The molecule has 0 aromatic heterocycles. The Morgan fingerprint density at radius 2 is 0.685 bits per heavy atom. The Hall–Kier alpha value is -5.32. The summed E-state index contributed by atoms with van der Waals surface area (Å²) < 4.78 is 0. The number of aromatic hydroxyl groups is 2. The SMILES string of the molecule is CN(C)c1cccc2c(C3C(O)C(c4c5cccc(N(C)C)c5c(N(C)C)c5c(N(C)C)ccc(O)c45)C3O)c3c(O)ccc(N(C)C)c3c(N(C)C)c12. The molecule has 0 spiro atoms. The molecule has 6 aromatic carbocycles. The van der Waals surface area contributed by atoms with Crippen LogP contribution in [0.4, 0.5) is 34.1 Å². The molecule has 0 heterocycles. The summed E-state index contributed by atoms with van der Waals surface area (Å²) in [6.07, 6.45) is -2.13. The van der Waals surface area contributed by atoms with Crippen molar-refractivity contribution in [1.29, 1.82) is 0 Å². The van der Waals surface area contributed by atoms with E-state index in [1.807, 2.05) is 131 Å². The van der Waals surface area contributed by atoms with E-state index in [2.05, 4.69) is 31.7 Å². The minimum absolute atomic E-state index is 0.0869. The lowest BCUT2D eigenvalue weighted by Crippen LogP contribution is -2.52. The summed E-state index contributed by atoms with van der Waals surface area (Å²) in [5.74, 6) is -1.34.